The predicted molar refractivity (Wildman–Crippen MR) is 64.5 cm³/mol. The summed E-state index contributed by atoms with van der Waals surface area (Å²) in [6.07, 6.45) is 0. The SMILES string of the molecule is CC1NCC(=O)N(Cc2cccc(Cl)c2)C1=O. The van der Waals surface area contributed by atoms with Crippen molar-refractivity contribution in [1.82, 2.24) is 10.2 Å². The van der Waals surface area contributed by atoms with Gasteiger partial charge in [0, 0.05) is 5.02 Å². The molecule has 0 bridgehead atoms. The minimum absolute atomic E-state index is 0.193. The number of carbonyl (C=O) groups excluding carboxylic acids is 2. The monoisotopic (exact) mass is 252 g/mol. The number of halogens is 1. The molecule has 17 heavy (non-hydrogen) atoms. The topological polar surface area (TPSA) is 49.4 Å². The van der Waals surface area contributed by atoms with E-state index in [9.17, 15) is 9.59 Å². The Morgan fingerprint density at radius 1 is 1.47 bits per heavy atom. The van der Waals surface area contributed by atoms with E-state index < -0.39 is 0 Å². The van der Waals surface area contributed by atoms with Crippen LogP contribution >= 0.6 is 11.6 Å². The van der Waals surface area contributed by atoms with Gasteiger partial charge in [0.1, 0.15) is 0 Å². The summed E-state index contributed by atoms with van der Waals surface area (Å²) in [7, 11) is 0. The largest absolute Gasteiger partial charge is 0.298 e. The fourth-order valence-electron chi connectivity index (χ4n) is 1.76. The molecule has 5 heteroatoms. The average Bonchev–Trinajstić information content (AvgIpc) is 2.30. The van der Waals surface area contributed by atoms with Gasteiger partial charge in [-0.3, -0.25) is 19.8 Å². The van der Waals surface area contributed by atoms with Crippen LogP contribution in [-0.2, 0) is 16.1 Å². The number of benzene rings is 1. The molecule has 0 saturated carbocycles. The van der Waals surface area contributed by atoms with Crippen LogP contribution in [0.4, 0.5) is 0 Å². The Bertz CT molecular complexity index is 462. The maximum Gasteiger partial charge on any atom is 0.246 e. The summed E-state index contributed by atoms with van der Waals surface area (Å²) in [6.45, 7) is 2.23. The van der Waals surface area contributed by atoms with E-state index in [-0.39, 0.29) is 30.9 Å². The lowest BCUT2D eigenvalue weighted by molar-refractivity contribution is -0.149. The van der Waals surface area contributed by atoms with Crippen molar-refractivity contribution >= 4 is 23.4 Å². The van der Waals surface area contributed by atoms with Crippen LogP contribution in [0.25, 0.3) is 0 Å². The first-order valence-electron chi connectivity index (χ1n) is 5.40. The van der Waals surface area contributed by atoms with Crippen molar-refractivity contribution in [3.8, 4) is 0 Å². The van der Waals surface area contributed by atoms with Crippen LogP contribution < -0.4 is 5.32 Å². The van der Waals surface area contributed by atoms with E-state index in [0.717, 1.165) is 5.56 Å². The molecule has 1 aromatic carbocycles. The second-order valence-corrected chi connectivity index (χ2v) is 4.49. The highest BCUT2D eigenvalue weighted by molar-refractivity contribution is 6.30. The number of nitrogens with zero attached hydrogens (tertiary/aromatic N) is 1. The van der Waals surface area contributed by atoms with Crippen molar-refractivity contribution in [1.29, 1.82) is 0 Å². The number of hydrogen-bond donors (Lipinski definition) is 1. The summed E-state index contributed by atoms with van der Waals surface area (Å²) in [5.74, 6) is -0.394. The molecular weight excluding hydrogens is 240 g/mol. The number of amides is 2. The average molecular weight is 253 g/mol. The lowest BCUT2D eigenvalue weighted by Gasteiger charge is -2.29. The van der Waals surface area contributed by atoms with Crippen LogP contribution in [0.2, 0.25) is 5.02 Å². The van der Waals surface area contributed by atoms with Gasteiger partial charge >= 0.3 is 0 Å². The zero-order valence-electron chi connectivity index (χ0n) is 9.44. The smallest absolute Gasteiger partial charge is 0.246 e. The molecule has 1 aliphatic heterocycles. The van der Waals surface area contributed by atoms with Crippen LogP contribution in [0, 0.1) is 0 Å². The Kier molecular flexibility index (Phi) is 3.45. The van der Waals surface area contributed by atoms with Crippen molar-refractivity contribution in [3.05, 3.63) is 34.9 Å². The molecule has 1 aliphatic rings. The van der Waals surface area contributed by atoms with Crippen molar-refractivity contribution in [3.63, 3.8) is 0 Å². The zero-order valence-corrected chi connectivity index (χ0v) is 10.2. The first kappa shape index (κ1) is 12.1. The molecule has 0 spiro atoms. The number of hydrogen-bond acceptors (Lipinski definition) is 3. The Morgan fingerprint density at radius 3 is 2.94 bits per heavy atom. The second kappa shape index (κ2) is 4.85. The third-order valence-electron chi connectivity index (χ3n) is 2.73. The van der Waals surface area contributed by atoms with Gasteiger partial charge in [-0.2, -0.15) is 0 Å². The number of nitrogens with one attached hydrogen (secondary N) is 1. The summed E-state index contributed by atoms with van der Waals surface area (Å²) in [5.41, 5.74) is 0.855. The first-order chi connectivity index (χ1) is 8.08. The van der Waals surface area contributed by atoms with Gasteiger partial charge in [0.15, 0.2) is 0 Å². The van der Waals surface area contributed by atoms with Gasteiger partial charge in [-0.1, -0.05) is 23.7 Å². The number of imide groups is 1. The van der Waals surface area contributed by atoms with Gasteiger partial charge in [-0.05, 0) is 24.6 Å². The van der Waals surface area contributed by atoms with Gasteiger partial charge < -0.3 is 0 Å². The van der Waals surface area contributed by atoms with Crippen LogP contribution in [0.5, 0.6) is 0 Å². The molecule has 1 unspecified atom stereocenters. The minimum Gasteiger partial charge on any atom is -0.298 e. The van der Waals surface area contributed by atoms with Gasteiger partial charge in [0.2, 0.25) is 11.8 Å². The first-order valence-corrected chi connectivity index (χ1v) is 5.78. The van der Waals surface area contributed by atoms with Gasteiger partial charge in [-0.15, -0.1) is 0 Å². The molecule has 1 fully saturated rings. The Morgan fingerprint density at radius 2 is 2.24 bits per heavy atom. The van der Waals surface area contributed by atoms with Crippen LogP contribution in [0.15, 0.2) is 24.3 Å². The van der Waals surface area contributed by atoms with E-state index in [0.29, 0.717) is 5.02 Å². The number of rotatable bonds is 2. The van der Waals surface area contributed by atoms with Crippen LogP contribution in [0.3, 0.4) is 0 Å². The molecule has 4 nitrogen and oxygen atoms in total. The van der Waals surface area contributed by atoms with Crippen LogP contribution in [0.1, 0.15) is 12.5 Å². The van der Waals surface area contributed by atoms with Gasteiger partial charge in [-0.25, -0.2) is 0 Å². The molecule has 1 heterocycles. The molecule has 2 amide bonds. The summed E-state index contributed by atoms with van der Waals surface area (Å²) in [4.78, 5) is 24.8. The number of carbonyl (C=O) groups is 2. The Balaban J connectivity index is 2.16. The third kappa shape index (κ3) is 2.65. The quantitative estimate of drug-likeness (QED) is 0.805. The van der Waals surface area contributed by atoms with Crippen LogP contribution in [-0.4, -0.2) is 29.3 Å². The summed E-state index contributed by atoms with van der Waals surface area (Å²) in [5, 5.41) is 3.44. The molecule has 1 atom stereocenters. The van der Waals surface area contributed by atoms with E-state index in [2.05, 4.69) is 5.32 Å². The molecule has 90 valence electrons. The Labute approximate surface area is 105 Å². The summed E-state index contributed by atoms with van der Waals surface area (Å²) in [6, 6.07) is 6.85. The molecule has 1 aromatic rings. The molecule has 0 radical (unpaired) electrons. The highest BCUT2D eigenvalue weighted by atomic mass is 35.5. The standard InChI is InChI=1S/C12H13ClN2O2/c1-8-12(17)15(11(16)6-14-8)7-9-3-2-4-10(13)5-9/h2-5,8,14H,6-7H2,1H3. The molecule has 2 rings (SSSR count). The van der Waals surface area contributed by atoms with E-state index >= 15 is 0 Å². The van der Waals surface area contributed by atoms with Crippen molar-refractivity contribution < 1.29 is 9.59 Å². The van der Waals surface area contributed by atoms with E-state index in [1.165, 1.54) is 4.90 Å². The normalized spacial score (nSPS) is 20.8. The predicted octanol–water partition coefficient (Wildman–Crippen LogP) is 1.19. The molecule has 1 N–H and O–H groups in total. The lowest BCUT2D eigenvalue weighted by Crippen LogP contribution is -2.56. The molecule has 0 aliphatic carbocycles. The fraction of sp³-hybridized carbons (Fsp3) is 0.333. The van der Waals surface area contributed by atoms with E-state index in [1.54, 1.807) is 25.1 Å². The highest BCUT2D eigenvalue weighted by Gasteiger charge is 2.30. The second-order valence-electron chi connectivity index (χ2n) is 4.05. The van der Waals surface area contributed by atoms with Gasteiger partial charge in [0.25, 0.3) is 0 Å². The number of piperazine rings is 1. The Hall–Kier alpha value is -1.39. The molecular formula is C12H13ClN2O2. The highest BCUT2D eigenvalue weighted by Crippen LogP contribution is 2.14. The maximum absolute atomic E-state index is 11.8. The van der Waals surface area contributed by atoms with E-state index in [4.69, 9.17) is 11.6 Å². The fourth-order valence-corrected chi connectivity index (χ4v) is 1.98. The molecule has 1 saturated heterocycles. The third-order valence-corrected chi connectivity index (χ3v) is 2.96. The maximum atomic E-state index is 11.8. The van der Waals surface area contributed by atoms with Crippen molar-refractivity contribution in [2.75, 3.05) is 6.54 Å². The summed E-state index contributed by atoms with van der Waals surface area (Å²) >= 11 is 5.86. The molecule has 0 aromatic heterocycles. The summed E-state index contributed by atoms with van der Waals surface area (Å²) < 4.78 is 0. The van der Waals surface area contributed by atoms with Crippen molar-refractivity contribution in [2.45, 2.75) is 19.5 Å². The van der Waals surface area contributed by atoms with Crippen molar-refractivity contribution in [2.24, 2.45) is 0 Å². The minimum atomic E-state index is -0.313. The zero-order chi connectivity index (χ0) is 12.4. The van der Waals surface area contributed by atoms with E-state index in [1.807, 2.05) is 6.07 Å². The lowest BCUT2D eigenvalue weighted by atomic mass is 10.1. The van der Waals surface area contributed by atoms with Gasteiger partial charge in [0.05, 0.1) is 19.1 Å².